The van der Waals surface area contributed by atoms with Gasteiger partial charge < -0.3 is 14.3 Å². The van der Waals surface area contributed by atoms with Crippen LogP contribution in [0.4, 0.5) is 4.39 Å². The number of rotatable bonds is 3. The van der Waals surface area contributed by atoms with Crippen molar-refractivity contribution in [1.82, 2.24) is 0 Å². The van der Waals surface area contributed by atoms with E-state index in [9.17, 15) is 9.50 Å². The van der Waals surface area contributed by atoms with Gasteiger partial charge in [-0.3, -0.25) is 0 Å². The summed E-state index contributed by atoms with van der Waals surface area (Å²) in [5.41, 5.74) is 0.424. The van der Waals surface area contributed by atoms with Crippen molar-refractivity contribution in [1.29, 1.82) is 0 Å². The van der Waals surface area contributed by atoms with Crippen molar-refractivity contribution in [3.63, 3.8) is 0 Å². The molecule has 0 aliphatic carbocycles. The molecule has 0 amide bonds. The highest BCUT2D eigenvalue weighted by atomic mass is 19.1. The molecular formula is C12H11FO3. The van der Waals surface area contributed by atoms with E-state index in [0.717, 1.165) is 0 Å². The molecule has 0 unspecified atom stereocenters. The molecule has 84 valence electrons. The molecule has 1 N–H and O–H groups in total. The number of hydrogen-bond donors (Lipinski definition) is 1. The third-order valence-electron chi connectivity index (χ3n) is 2.30. The minimum atomic E-state index is -0.963. The van der Waals surface area contributed by atoms with Crippen molar-refractivity contribution in [2.45, 2.75) is 6.10 Å². The lowest BCUT2D eigenvalue weighted by Gasteiger charge is -2.09. The largest absolute Gasteiger partial charge is 0.494 e. The van der Waals surface area contributed by atoms with Gasteiger partial charge in [-0.05, 0) is 29.8 Å². The fraction of sp³-hybridized carbons (Fsp3) is 0.167. The van der Waals surface area contributed by atoms with Gasteiger partial charge in [-0.25, -0.2) is 4.39 Å². The van der Waals surface area contributed by atoms with Gasteiger partial charge in [0.2, 0.25) is 0 Å². The Balaban J connectivity index is 2.31. The van der Waals surface area contributed by atoms with Crippen LogP contribution >= 0.6 is 0 Å². The molecule has 1 aromatic heterocycles. The maximum Gasteiger partial charge on any atom is 0.165 e. The first-order valence-electron chi connectivity index (χ1n) is 4.77. The van der Waals surface area contributed by atoms with Crippen molar-refractivity contribution in [2.24, 2.45) is 0 Å². The van der Waals surface area contributed by atoms with Crippen LogP contribution in [-0.2, 0) is 0 Å². The summed E-state index contributed by atoms with van der Waals surface area (Å²) in [6.07, 6.45) is 0.494. The van der Waals surface area contributed by atoms with Crippen molar-refractivity contribution >= 4 is 0 Å². The van der Waals surface area contributed by atoms with Crippen LogP contribution in [0.2, 0.25) is 0 Å². The van der Waals surface area contributed by atoms with Crippen LogP contribution in [0, 0.1) is 5.82 Å². The number of halogens is 1. The molecule has 0 saturated carbocycles. The van der Waals surface area contributed by atoms with Crippen LogP contribution in [0.1, 0.15) is 17.4 Å². The van der Waals surface area contributed by atoms with Gasteiger partial charge in [0.25, 0.3) is 0 Å². The van der Waals surface area contributed by atoms with Gasteiger partial charge in [0.15, 0.2) is 11.6 Å². The summed E-state index contributed by atoms with van der Waals surface area (Å²) in [4.78, 5) is 0. The van der Waals surface area contributed by atoms with Crippen LogP contribution in [0.25, 0.3) is 0 Å². The fourth-order valence-corrected chi connectivity index (χ4v) is 1.46. The monoisotopic (exact) mass is 222 g/mol. The summed E-state index contributed by atoms with van der Waals surface area (Å²) in [5.74, 6) is 0.0190. The number of hydrogen-bond acceptors (Lipinski definition) is 3. The van der Waals surface area contributed by atoms with Gasteiger partial charge in [0.05, 0.1) is 13.4 Å². The standard InChI is InChI=1S/C12H11FO3/c1-15-10-5-4-8(7-9(10)13)12(14)11-3-2-6-16-11/h2-7,12,14H,1H3/t12-/m1/s1. The average Bonchev–Trinajstić information content (AvgIpc) is 2.81. The van der Waals surface area contributed by atoms with Crippen LogP contribution in [0.3, 0.4) is 0 Å². The summed E-state index contributed by atoms with van der Waals surface area (Å²) in [7, 11) is 1.39. The number of benzene rings is 1. The molecule has 0 aliphatic rings. The van der Waals surface area contributed by atoms with Gasteiger partial charge in [-0.1, -0.05) is 6.07 Å². The molecule has 0 spiro atoms. The molecule has 0 radical (unpaired) electrons. The molecule has 16 heavy (non-hydrogen) atoms. The zero-order valence-corrected chi connectivity index (χ0v) is 8.68. The minimum Gasteiger partial charge on any atom is -0.494 e. The molecule has 1 atom stereocenters. The van der Waals surface area contributed by atoms with Gasteiger partial charge in [0, 0.05) is 0 Å². The first-order chi connectivity index (χ1) is 7.72. The first kappa shape index (κ1) is 10.7. The zero-order chi connectivity index (χ0) is 11.5. The van der Waals surface area contributed by atoms with Crippen LogP contribution in [-0.4, -0.2) is 12.2 Å². The topological polar surface area (TPSA) is 42.6 Å². The second-order valence-corrected chi connectivity index (χ2v) is 3.31. The lowest BCUT2D eigenvalue weighted by Crippen LogP contribution is -1.99. The number of methoxy groups -OCH3 is 1. The Kier molecular flexibility index (Phi) is 2.92. The highest BCUT2D eigenvalue weighted by Crippen LogP contribution is 2.26. The average molecular weight is 222 g/mol. The molecular weight excluding hydrogens is 211 g/mol. The second kappa shape index (κ2) is 4.37. The normalized spacial score (nSPS) is 12.4. The van der Waals surface area contributed by atoms with Crippen LogP contribution in [0.15, 0.2) is 41.0 Å². The Labute approximate surface area is 92.1 Å². The highest BCUT2D eigenvalue weighted by molar-refractivity contribution is 5.32. The van der Waals surface area contributed by atoms with E-state index >= 15 is 0 Å². The summed E-state index contributed by atoms with van der Waals surface area (Å²) in [6, 6.07) is 7.59. The Hall–Kier alpha value is -1.81. The predicted octanol–water partition coefficient (Wildman–Crippen LogP) is 2.51. The number of aliphatic hydroxyl groups excluding tert-OH is 1. The van der Waals surface area contributed by atoms with Crippen molar-refractivity contribution < 1.29 is 18.7 Å². The Bertz CT molecular complexity index is 465. The molecule has 1 heterocycles. The zero-order valence-electron chi connectivity index (χ0n) is 8.68. The quantitative estimate of drug-likeness (QED) is 0.867. The second-order valence-electron chi connectivity index (χ2n) is 3.31. The molecule has 0 aliphatic heterocycles. The van der Waals surface area contributed by atoms with Crippen LogP contribution in [0.5, 0.6) is 5.75 Å². The third-order valence-corrected chi connectivity index (χ3v) is 2.30. The van der Waals surface area contributed by atoms with Gasteiger partial charge in [0.1, 0.15) is 11.9 Å². The van der Waals surface area contributed by atoms with Gasteiger partial charge in [-0.15, -0.1) is 0 Å². The van der Waals surface area contributed by atoms with Crippen molar-refractivity contribution in [3.05, 3.63) is 53.7 Å². The third kappa shape index (κ3) is 1.92. The van der Waals surface area contributed by atoms with E-state index in [2.05, 4.69) is 0 Å². The Morgan fingerprint density at radius 1 is 1.38 bits per heavy atom. The highest BCUT2D eigenvalue weighted by Gasteiger charge is 2.15. The molecule has 3 nitrogen and oxygen atoms in total. The van der Waals surface area contributed by atoms with E-state index < -0.39 is 11.9 Å². The molecule has 4 heteroatoms. The summed E-state index contributed by atoms with van der Waals surface area (Å²) < 4.78 is 23.2. The molecule has 0 bridgehead atoms. The maximum atomic E-state index is 13.4. The summed E-state index contributed by atoms with van der Waals surface area (Å²) >= 11 is 0. The minimum absolute atomic E-state index is 0.149. The fourth-order valence-electron chi connectivity index (χ4n) is 1.46. The number of ether oxygens (including phenoxy) is 1. The molecule has 0 fully saturated rings. The molecule has 2 aromatic rings. The Morgan fingerprint density at radius 2 is 2.19 bits per heavy atom. The van der Waals surface area contributed by atoms with E-state index in [1.165, 1.54) is 25.5 Å². The van der Waals surface area contributed by atoms with E-state index in [0.29, 0.717) is 11.3 Å². The van der Waals surface area contributed by atoms with Crippen LogP contribution < -0.4 is 4.74 Å². The van der Waals surface area contributed by atoms with E-state index in [-0.39, 0.29) is 5.75 Å². The molecule has 2 rings (SSSR count). The predicted molar refractivity (Wildman–Crippen MR) is 55.7 cm³/mol. The first-order valence-corrected chi connectivity index (χ1v) is 4.77. The lowest BCUT2D eigenvalue weighted by atomic mass is 10.1. The Morgan fingerprint density at radius 3 is 2.75 bits per heavy atom. The van der Waals surface area contributed by atoms with E-state index in [4.69, 9.17) is 9.15 Å². The van der Waals surface area contributed by atoms with Crippen molar-refractivity contribution in [2.75, 3.05) is 7.11 Å². The van der Waals surface area contributed by atoms with Gasteiger partial charge >= 0.3 is 0 Å². The van der Waals surface area contributed by atoms with E-state index in [1.807, 2.05) is 0 Å². The smallest absolute Gasteiger partial charge is 0.165 e. The maximum absolute atomic E-state index is 13.4. The molecule has 1 aromatic carbocycles. The summed E-state index contributed by atoms with van der Waals surface area (Å²) in [5, 5.41) is 9.87. The SMILES string of the molecule is COc1ccc([C@@H](O)c2ccco2)cc1F. The van der Waals surface area contributed by atoms with Crippen molar-refractivity contribution in [3.8, 4) is 5.75 Å². The van der Waals surface area contributed by atoms with Gasteiger partial charge in [-0.2, -0.15) is 0 Å². The number of furan rings is 1. The number of aliphatic hydroxyl groups is 1. The lowest BCUT2D eigenvalue weighted by molar-refractivity contribution is 0.188. The summed E-state index contributed by atoms with van der Waals surface area (Å²) in [6.45, 7) is 0. The van der Waals surface area contributed by atoms with E-state index in [1.54, 1.807) is 18.2 Å². The molecule has 0 saturated heterocycles.